The molecular formula is C9H17N. The molecule has 3 unspecified atom stereocenters. The highest BCUT2D eigenvalue weighted by molar-refractivity contribution is 4.89. The standard InChI is InChI=1S/C9H17N/c1-2-7-5-9-4-3-8(7)6-10-9/h7-10H,2-6H2,1H3. The predicted octanol–water partition coefficient (Wildman–Crippen LogP) is 1.78. The zero-order valence-electron chi connectivity index (χ0n) is 6.77. The minimum Gasteiger partial charge on any atom is -0.314 e. The zero-order chi connectivity index (χ0) is 6.97. The van der Waals surface area contributed by atoms with Crippen LogP contribution in [0.3, 0.4) is 0 Å². The van der Waals surface area contributed by atoms with Crippen molar-refractivity contribution in [2.75, 3.05) is 6.54 Å². The maximum absolute atomic E-state index is 3.58. The predicted molar refractivity (Wildman–Crippen MR) is 42.9 cm³/mol. The first-order chi connectivity index (χ1) is 4.90. The monoisotopic (exact) mass is 139 g/mol. The molecule has 0 spiro atoms. The Morgan fingerprint density at radius 3 is 2.60 bits per heavy atom. The van der Waals surface area contributed by atoms with E-state index in [4.69, 9.17) is 0 Å². The van der Waals surface area contributed by atoms with Gasteiger partial charge in [-0.05, 0) is 37.6 Å². The molecule has 1 aliphatic carbocycles. The number of hydrogen-bond acceptors (Lipinski definition) is 1. The molecule has 2 saturated heterocycles. The molecule has 0 aromatic heterocycles. The van der Waals surface area contributed by atoms with Gasteiger partial charge < -0.3 is 5.32 Å². The van der Waals surface area contributed by atoms with E-state index in [0.717, 1.165) is 17.9 Å². The van der Waals surface area contributed by atoms with Gasteiger partial charge in [-0.15, -0.1) is 0 Å². The van der Waals surface area contributed by atoms with Crippen LogP contribution < -0.4 is 5.32 Å². The van der Waals surface area contributed by atoms with Crippen LogP contribution in [0.5, 0.6) is 0 Å². The Balaban J connectivity index is 2.01. The lowest BCUT2D eigenvalue weighted by atomic mass is 9.72. The van der Waals surface area contributed by atoms with E-state index >= 15 is 0 Å². The maximum atomic E-state index is 3.58. The van der Waals surface area contributed by atoms with Gasteiger partial charge in [-0.1, -0.05) is 13.3 Å². The quantitative estimate of drug-likeness (QED) is 0.584. The highest BCUT2D eigenvalue weighted by Crippen LogP contribution is 2.35. The van der Waals surface area contributed by atoms with Crippen LogP contribution in [0.2, 0.25) is 0 Å². The molecule has 0 amide bonds. The molecule has 0 radical (unpaired) electrons. The molecular weight excluding hydrogens is 122 g/mol. The van der Waals surface area contributed by atoms with Gasteiger partial charge >= 0.3 is 0 Å². The van der Waals surface area contributed by atoms with Crippen molar-refractivity contribution in [1.29, 1.82) is 0 Å². The number of fused-ring (bicyclic) bond motifs is 3. The highest BCUT2D eigenvalue weighted by atomic mass is 14.9. The second-order valence-corrected chi connectivity index (χ2v) is 3.85. The van der Waals surface area contributed by atoms with Gasteiger partial charge in [0.2, 0.25) is 0 Å². The Morgan fingerprint density at radius 2 is 2.30 bits per heavy atom. The zero-order valence-corrected chi connectivity index (χ0v) is 6.77. The van der Waals surface area contributed by atoms with Crippen LogP contribution in [0.15, 0.2) is 0 Å². The average molecular weight is 139 g/mol. The SMILES string of the molecule is CCC1CC2CCC1CN2. The third-order valence-electron chi connectivity index (χ3n) is 3.33. The smallest absolute Gasteiger partial charge is 0.00700 e. The van der Waals surface area contributed by atoms with Gasteiger partial charge in [-0.3, -0.25) is 0 Å². The molecule has 2 aliphatic heterocycles. The van der Waals surface area contributed by atoms with Crippen LogP contribution in [0.1, 0.15) is 32.6 Å². The van der Waals surface area contributed by atoms with E-state index in [1.54, 1.807) is 0 Å². The Hall–Kier alpha value is -0.0400. The molecule has 3 atom stereocenters. The van der Waals surface area contributed by atoms with Crippen molar-refractivity contribution in [3.8, 4) is 0 Å². The average Bonchev–Trinajstić information content (AvgIpc) is 2.06. The van der Waals surface area contributed by atoms with Gasteiger partial charge in [0.25, 0.3) is 0 Å². The fraction of sp³-hybridized carbons (Fsp3) is 1.00. The first-order valence-electron chi connectivity index (χ1n) is 4.63. The number of nitrogens with one attached hydrogen (secondary N) is 1. The summed E-state index contributed by atoms with van der Waals surface area (Å²) < 4.78 is 0. The van der Waals surface area contributed by atoms with Crippen molar-refractivity contribution in [3.05, 3.63) is 0 Å². The third kappa shape index (κ3) is 0.968. The summed E-state index contributed by atoms with van der Waals surface area (Å²) in [6.45, 7) is 3.65. The lowest BCUT2D eigenvalue weighted by molar-refractivity contribution is 0.129. The van der Waals surface area contributed by atoms with E-state index in [1.165, 1.54) is 32.2 Å². The summed E-state index contributed by atoms with van der Waals surface area (Å²) in [6.07, 6.45) is 5.81. The normalized spacial score (nSPS) is 45.9. The Morgan fingerprint density at radius 1 is 1.40 bits per heavy atom. The summed E-state index contributed by atoms with van der Waals surface area (Å²) in [6, 6.07) is 0.884. The molecule has 3 fully saturated rings. The van der Waals surface area contributed by atoms with Crippen LogP contribution in [-0.4, -0.2) is 12.6 Å². The molecule has 0 aromatic carbocycles. The fourth-order valence-electron chi connectivity index (χ4n) is 2.60. The summed E-state index contributed by atoms with van der Waals surface area (Å²) in [5.74, 6) is 2.08. The second-order valence-electron chi connectivity index (χ2n) is 3.85. The fourth-order valence-corrected chi connectivity index (χ4v) is 2.60. The number of piperidine rings is 2. The number of hydrogen-bond donors (Lipinski definition) is 1. The van der Waals surface area contributed by atoms with E-state index in [1.807, 2.05) is 0 Å². The first kappa shape index (κ1) is 6.66. The second kappa shape index (κ2) is 2.54. The van der Waals surface area contributed by atoms with Crippen molar-refractivity contribution >= 4 is 0 Å². The van der Waals surface area contributed by atoms with Crippen molar-refractivity contribution in [2.45, 2.75) is 38.6 Å². The van der Waals surface area contributed by atoms with Crippen LogP contribution in [0.25, 0.3) is 0 Å². The van der Waals surface area contributed by atoms with Crippen molar-refractivity contribution < 1.29 is 0 Å². The van der Waals surface area contributed by atoms with E-state index in [0.29, 0.717) is 0 Å². The maximum Gasteiger partial charge on any atom is 0.00700 e. The molecule has 1 nitrogen and oxygen atoms in total. The minimum absolute atomic E-state index is 0.884. The highest BCUT2D eigenvalue weighted by Gasteiger charge is 2.33. The van der Waals surface area contributed by atoms with E-state index in [2.05, 4.69) is 12.2 Å². The van der Waals surface area contributed by atoms with Gasteiger partial charge in [0.05, 0.1) is 0 Å². The van der Waals surface area contributed by atoms with Gasteiger partial charge in [-0.2, -0.15) is 0 Å². The van der Waals surface area contributed by atoms with E-state index in [-0.39, 0.29) is 0 Å². The molecule has 1 N–H and O–H groups in total. The molecule has 2 bridgehead atoms. The van der Waals surface area contributed by atoms with Crippen molar-refractivity contribution in [2.24, 2.45) is 11.8 Å². The largest absolute Gasteiger partial charge is 0.314 e. The van der Waals surface area contributed by atoms with Crippen molar-refractivity contribution in [1.82, 2.24) is 5.32 Å². The molecule has 1 saturated carbocycles. The Bertz CT molecular complexity index is 114. The third-order valence-corrected chi connectivity index (χ3v) is 3.33. The molecule has 2 heterocycles. The molecule has 3 aliphatic rings. The van der Waals surface area contributed by atoms with Crippen LogP contribution in [0.4, 0.5) is 0 Å². The molecule has 58 valence electrons. The van der Waals surface area contributed by atoms with Crippen LogP contribution >= 0.6 is 0 Å². The molecule has 0 aromatic rings. The van der Waals surface area contributed by atoms with Crippen molar-refractivity contribution in [3.63, 3.8) is 0 Å². The van der Waals surface area contributed by atoms with Gasteiger partial charge in [0.15, 0.2) is 0 Å². The lowest BCUT2D eigenvalue weighted by Crippen LogP contribution is -2.48. The molecule has 3 rings (SSSR count). The summed E-state index contributed by atoms with van der Waals surface area (Å²) >= 11 is 0. The summed E-state index contributed by atoms with van der Waals surface area (Å²) in [5.41, 5.74) is 0. The molecule has 1 heteroatoms. The Labute approximate surface area is 63.2 Å². The van der Waals surface area contributed by atoms with Crippen LogP contribution in [-0.2, 0) is 0 Å². The summed E-state index contributed by atoms with van der Waals surface area (Å²) in [5, 5.41) is 3.58. The van der Waals surface area contributed by atoms with Gasteiger partial charge in [0.1, 0.15) is 0 Å². The van der Waals surface area contributed by atoms with Crippen LogP contribution in [0, 0.1) is 11.8 Å². The summed E-state index contributed by atoms with van der Waals surface area (Å²) in [7, 11) is 0. The Kier molecular flexibility index (Phi) is 1.69. The van der Waals surface area contributed by atoms with Gasteiger partial charge in [0, 0.05) is 6.04 Å². The minimum atomic E-state index is 0.884. The lowest BCUT2D eigenvalue weighted by Gasteiger charge is -2.42. The van der Waals surface area contributed by atoms with Gasteiger partial charge in [-0.25, -0.2) is 0 Å². The van der Waals surface area contributed by atoms with E-state index < -0.39 is 0 Å². The molecule has 10 heavy (non-hydrogen) atoms. The number of rotatable bonds is 1. The summed E-state index contributed by atoms with van der Waals surface area (Å²) in [4.78, 5) is 0. The topological polar surface area (TPSA) is 12.0 Å². The van der Waals surface area contributed by atoms with E-state index in [9.17, 15) is 0 Å². The first-order valence-corrected chi connectivity index (χ1v) is 4.63.